The molecule has 0 bridgehead atoms. The molecule has 0 atom stereocenters. The second-order valence-electron chi connectivity index (χ2n) is 6.37. The Balaban J connectivity index is 0.00000280. The van der Waals surface area contributed by atoms with Gasteiger partial charge in [-0.25, -0.2) is 9.98 Å². The molecule has 0 saturated carbocycles. The van der Waals surface area contributed by atoms with Gasteiger partial charge in [0.25, 0.3) is 0 Å². The molecular weight excluding hydrogens is 465 g/mol. The molecule has 3 aromatic rings. The number of halogens is 1. The van der Waals surface area contributed by atoms with Gasteiger partial charge in [0, 0.05) is 38.4 Å². The Morgan fingerprint density at radius 2 is 2.04 bits per heavy atom. The van der Waals surface area contributed by atoms with Crippen LogP contribution in [0.1, 0.15) is 29.6 Å². The second kappa shape index (κ2) is 11.5. The minimum absolute atomic E-state index is 0. The first-order chi connectivity index (χ1) is 13.2. The molecule has 0 aliphatic heterocycles. The van der Waals surface area contributed by atoms with Crippen LogP contribution in [0, 0.1) is 6.92 Å². The number of hydrogen-bond donors (Lipinski definition) is 2. The highest BCUT2D eigenvalue weighted by Gasteiger charge is 2.02. The van der Waals surface area contributed by atoms with Gasteiger partial charge in [-0.2, -0.15) is 0 Å². The van der Waals surface area contributed by atoms with Crippen LogP contribution in [0.4, 0.5) is 0 Å². The summed E-state index contributed by atoms with van der Waals surface area (Å²) in [6, 6.07) is 12.4. The van der Waals surface area contributed by atoms with Crippen LogP contribution < -0.4 is 10.6 Å². The van der Waals surface area contributed by atoms with Gasteiger partial charge in [-0.3, -0.25) is 0 Å². The van der Waals surface area contributed by atoms with Crippen molar-refractivity contribution in [3.63, 3.8) is 0 Å². The third kappa shape index (κ3) is 6.70. The molecular formula is C21H28IN5O. The Hall–Kier alpha value is -2.29. The van der Waals surface area contributed by atoms with E-state index in [0.717, 1.165) is 43.6 Å². The molecule has 28 heavy (non-hydrogen) atoms. The lowest BCUT2D eigenvalue weighted by atomic mass is 10.1. The molecule has 2 N–H and O–H groups in total. The molecule has 0 fully saturated rings. The van der Waals surface area contributed by atoms with E-state index in [9.17, 15) is 0 Å². The van der Waals surface area contributed by atoms with Crippen molar-refractivity contribution in [2.24, 2.45) is 4.99 Å². The third-order valence-corrected chi connectivity index (χ3v) is 4.28. The quantitative estimate of drug-likeness (QED) is 0.285. The smallest absolute Gasteiger partial charge is 0.191 e. The Morgan fingerprint density at radius 1 is 1.18 bits per heavy atom. The van der Waals surface area contributed by atoms with Crippen molar-refractivity contribution in [3.05, 3.63) is 77.8 Å². The number of guanidine groups is 1. The summed E-state index contributed by atoms with van der Waals surface area (Å²) in [7, 11) is 0. The van der Waals surface area contributed by atoms with Gasteiger partial charge < -0.3 is 19.6 Å². The molecule has 0 aliphatic carbocycles. The normalized spacial score (nSPS) is 11.1. The van der Waals surface area contributed by atoms with E-state index >= 15 is 0 Å². The van der Waals surface area contributed by atoms with Crippen LogP contribution in [0.3, 0.4) is 0 Å². The number of hydrogen-bond acceptors (Lipinski definition) is 3. The first kappa shape index (κ1) is 22.0. The van der Waals surface area contributed by atoms with Gasteiger partial charge in [-0.1, -0.05) is 24.3 Å². The van der Waals surface area contributed by atoms with E-state index in [2.05, 4.69) is 51.4 Å². The SMILES string of the molecule is CCNC(=NCc1cccc(Cn2ccnc2C)c1)NCCc1ccco1.I. The van der Waals surface area contributed by atoms with Crippen LogP contribution in [0.5, 0.6) is 0 Å². The van der Waals surface area contributed by atoms with Gasteiger partial charge in [0.05, 0.1) is 12.8 Å². The van der Waals surface area contributed by atoms with Gasteiger partial charge in [0.1, 0.15) is 11.6 Å². The lowest BCUT2D eigenvalue weighted by molar-refractivity contribution is 0.507. The highest BCUT2D eigenvalue weighted by molar-refractivity contribution is 14.0. The molecule has 2 aromatic heterocycles. The van der Waals surface area contributed by atoms with Crippen LogP contribution in [-0.4, -0.2) is 28.6 Å². The summed E-state index contributed by atoms with van der Waals surface area (Å²) in [4.78, 5) is 8.98. The molecule has 1 aromatic carbocycles. The van der Waals surface area contributed by atoms with Gasteiger partial charge in [0.15, 0.2) is 5.96 Å². The first-order valence-corrected chi connectivity index (χ1v) is 9.34. The lowest BCUT2D eigenvalue weighted by Crippen LogP contribution is -2.38. The maximum absolute atomic E-state index is 5.36. The zero-order valence-electron chi connectivity index (χ0n) is 16.4. The molecule has 0 unspecified atom stereocenters. The Bertz CT molecular complexity index is 857. The highest BCUT2D eigenvalue weighted by Crippen LogP contribution is 2.10. The maximum atomic E-state index is 5.36. The Labute approximate surface area is 183 Å². The predicted molar refractivity (Wildman–Crippen MR) is 123 cm³/mol. The Morgan fingerprint density at radius 3 is 2.75 bits per heavy atom. The van der Waals surface area contributed by atoms with Gasteiger partial charge >= 0.3 is 0 Å². The van der Waals surface area contributed by atoms with Crippen molar-refractivity contribution >= 4 is 29.9 Å². The topological polar surface area (TPSA) is 67.4 Å². The standard InChI is InChI=1S/C21H27N5O.HI/c1-3-22-21(24-10-9-20-8-5-13-27-20)25-15-18-6-4-7-19(14-18)16-26-12-11-23-17(26)2;/h4-8,11-14H,3,9-10,15-16H2,1-2H3,(H2,22,24,25);1H. The average molecular weight is 493 g/mol. The fraction of sp³-hybridized carbons (Fsp3) is 0.333. The maximum Gasteiger partial charge on any atom is 0.191 e. The number of aliphatic imine (C=N–C) groups is 1. The summed E-state index contributed by atoms with van der Waals surface area (Å²) >= 11 is 0. The first-order valence-electron chi connectivity index (χ1n) is 9.34. The minimum Gasteiger partial charge on any atom is -0.469 e. The van der Waals surface area contributed by atoms with Gasteiger partial charge in [-0.15, -0.1) is 24.0 Å². The van der Waals surface area contributed by atoms with E-state index in [4.69, 9.17) is 9.41 Å². The molecule has 2 heterocycles. The number of aryl methyl sites for hydroxylation is 1. The predicted octanol–water partition coefficient (Wildman–Crippen LogP) is 3.75. The highest BCUT2D eigenvalue weighted by atomic mass is 127. The van der Waals surface area contributed by atoms with Crippen molar-refractivity contribution in [1.82, 2.24) is 20.2 Å². The molecule has 0 saturated heterocycles. The van der Waals surface area contributed by atoms with Gasteiger partial charge in [0.2, 0.25) is 0 Å². The summed E-state index contributed by atoms with van der Waals surface area (Å²) in [5.41, 5.74) is 2.44. The number of nitrogens with zero attached hydrogens (tertiary/aromatic N) is 3. The molecule has 0 spiro atoms. The fourth-order valence-electron chi connectivity index (χ4n) is 2.86. The van der Waals surface area contributed by atoms with Crippen molar-refractivity contribution in [3.8, 4) is 0 Å². The summed E-state index contributed by atoms with van der Waals surface area (Å²) in [5, 5.41) is 6.64. The van der Waals surface area contributed by atoms with E-state index in [0.29, 0.717) is 6.54 Å². The Kier molecular flexibility index (Phi) is 9.06. The summed E-state index contributed by atoms with van der Waals surface area (Å²) < 4.78 is 7.50. The van der Waals surface area contributed by atoms with E-state index in [1.807, 2.05) is 31.5 Å². The van der Waals surface area contributed by atoms with Crippen LogP contribution in [0.2, 0.25) is 0 Å². The number of rotatable bonds is 8. The van der Waals surface area contributed by atoms with E-state index in [-0.39, 0.29) is 24.0 Å². The van der Waals surface area contributed by atoms with Crippen LogP contribution in [0.25, 0.3) is 0 Å². The number of benzene rings is 1. The summed E-state index contributed by atoms with van der Waals surface area (Å²) in [6.45, 7) is 7.15. The minimum atomic E-state index is 0. The fourth-order valence-corrected chi connectivity index (χ4v) is 2.86. The van der Waals surface area contributed by atoms with Gasteiger partial charge in [-0.05, 0) is 37.1 Å². The molecule has 6 nitrogen and oxygen atoms in total. The molecule has 0 radical (unpaired) electrons. The average Bonchev–Trinajstić information content (AvgIpc) is 3.32. The van der Waals surface area contributed by atoms with Crippen molar-refractivity contribution in [2.45, 2.75) is 33.4 Å². The summed E-state index contributed by atoms with van der Waals surface area (Å²) in [6.07, 6.45) is 6.37. The molecule has 0 aliphatic rings. The number of furan rings is 1. The summed E-state index contributed by atoms with van der Waals surface area (Å²) in [5.74, 6) is 2.81. The van der Waals surface area contributed by atoms with Crippen molar-refractivity contribution < 1.29 is 4.42 Å². The van der Waals surface area contributed by atoms with Crippen molar-refractivity contribution in [1.29, 1.82) is 0 Å². The lowest BCUT2D eigenvalue weighted by Gasteiger charge is -2.11. The number of aromatic nitrogens is 2. The largest absolute Gasteiger partial charge is 0.469 e. The van der Waals surface area contributed by atoms with E-state index in [1.165, 1.54) is 11.1 Å². The van der Waals surface area contributed by atoms with Crippen molar-refractivity contribution in [2.75, 3.05) is 13.1 Å². The zero-order valence-corrected chi connectivity index (χ0v) is 18.7. The molecule has 7 heteroatoms. The number of nitrogens with one attached hydrogen (secondary N) is 2. The van der Waals surface area contributed by atoms with Crippen LogP contribution in [-0.2, 0) is 19.5 Å². The number of imidazole rings is 1. The third-order valence-electron chi connectivity index (χ3n) is 4.28. The second-order valence-corrected chi connectivity index (χ2v) is 6.37. The monoisotopic (exact) mass is 493 g/mol. The molecule has 3 rings (SSSR count). The van der Waals surface area contributed by atoms with E-state index < -0.39 is 0 Å². The molecule has 0 amide bonds. The van der Waals surface area contributed by atoms with Crippen LogP contribution >= 0.6 is 24.0 Å². The van der Waals surface area contributed by atoms with Crippen LogP contribution in [0.15, 0.2) is 64.5 Å². The van der Waals surface area contributed by atoms with E-state index in [1.54, 1.807) is 6.26 Å². The molecule has 150 valence electrons. The zero-order chi connectivity index (χ0) is 18.9.